The molecule has 0 rings (SSSR count). The lowest BCUT2D eigenvalue weighted by atomic mass is 9.99. The van der Waals surface area contributed by atoms with Gasteiger partial charge in [-0.05, 0) is 57.3 Å². The van der Waals surface area contributed by atoms with Crippen LogP contribution in [0.15, 0.2) is 24.3 Å². The number of rotatable bonds is 70. The van der Waals surface area contributed by atoms with Crippen LogP contribution >= 0.6 is 15.6 Å². The Morgan fingerprint density at radius 2 is 0.615 bits per heavy atom. The molecule has 3 N–H and O–H groups in total. The fraction of sp³-hybridized carbons (Fsp3) is 0.889. The van der Waals surface area contributed by atoms with Gasteiger partial charge in [-0.25, -0.2) is 9.13 Å². The Morgan fingerprint density at radius 1 is 0.352 bits per heavy atom. The highest BCUT2D eigenvalue weighted by molar-refractivity contribution is 7.47. The standard InChI is InChI=1S/C72H136O17P2/c1-6-10-13-16-18-20-22-24-26-27-29-31-33-38-42-47-52-57-72(77)89-68(62-83-70(75)56-51-46-41-37-32-30-28-25-23-21-19-17-14-11-7-2)64-87-91(80,81)85-60-66(73)59-84-90(78,79)86-63-67(61-82-69(74)55-50-44-15-12-8-3)88-71(76)58-53-48-43-39-35-34-36-40-45-49-54-65(5)9-4/h21,23,25,28,65-68,73H,6-20,22,24,26-27,29-64H2,1-5H3,(H,78,79)(H,80,81)/b23-21-,28-25-/t65?,66-,67+,68+/m0/s1. The normalized spacial score (nSPS) is 14.5. The van der Waals surface area contributed by atoms with E-state index in [2.05, 4.69) is 58.9 Å². The third-order valence-corrected chi connectivity index (χ3v) is 18.4. The number of aliphatic hydroxyl groups is 1. The molecule has 17 nitrogen and oxygen atoms in total. The van der Waals surface area contributed by atoms with Gasteiger partial charge in [0, 0.05) is 25.7 Å². The molecule has 0 saturated carbocycles. The number of ether oxygens (including phenoxy) is 4. The first-order valence-corrected chi connectivity index (χ1v) is 40.0. The topological polar surface area (TPSA) is 237 Å². The first kappa shape index (κ1) is 88.5. The fourth-order valence-corrected chi connectivity index (χ4v) is 12.0. The fourth-order valence-electron chi connectivity index (χ4n) is 10.4. The maximum atomic E-state index is 13.0. The molecule has 0 aromatic carbocycles. The molecule has 0 heterocycles. The van der Waals surface area contributed by atoms with E-state index < -0.39 is 97.5 Å². The molecule has 91 heavy (non-hydrogen) atoms. The van der Waals surface area contributed by atoms with Crippen molar-refractivity contribution in [3.8, 4) is 0 Å². The Hall–Kier alpha value is -2.46. The second-order valence-corrected chi connectivity index (χ2v) is 28.4. The van der Waals surface area contributed by atoms with Crippen molar-refractivity contribution in [3.63, 3.8) is 0 Å². The van der Waals surface area contributed by atoms with Crippen molar-refractivity contribution in [2.24, 2.45) is 5.92 Å². The minimum absolute atomic E-state index is 0.101. The maximum Gasteiger partial charge on any atom is 0.472 e. The van der Waals surface area contributed by atoms with E-state index in [-0.39, 0.29) is 25.7 Å². The first-order chi connectivity index (χ1) is 44.1. The van der Waals surface area contributed by atoms with Crippen LogP contribution in [0, 0.1) is 5.92 Å². The smallest absolute Gasteiger partial charge is 0.462 e. The summed E-state index contributed by atoms with van der Waals surface area (Å²) in [5, 5.41) is 10.6. The summed E-state index contributed by atoms with van der Waals surface area (Å²) in [4.78, 5) is 72.3. The van der Waals surface area contributed by atoms with Gasteiger partial charge >= 0.3 is 39.5 Å². The van der Waals surface area contributed by atoms with Gasteiger partial charge in [0.1, 0.15) is 19.3 Å². The lowest BCUT2D eigenvalue weighted by Crippen LogP contribution is -2.30. The molecule has 0 radical (unpaired) electrons. The summed E-state index contributed by atoms with van der Waals surface area (Å²) in [6, 6.07) is 0. The quantitative estimate of drug-likeness (QED) is 0.0169. The molecule has 19 heteroatoms. The number of esters is 4. The van der Waals surface area contributed by atoms with Crippen LogP contribution in [0.25, 0.3) is 0 Å². The van der Waals surface area contributed by atoms with Gasteiger partial charge in [-0.3, -0.25) is 37.3 Å². The highest BCUT2D eigenvalue weighted by atomic mass is 31.2. The minimum Gasteiger partial charge on any atom is -0.462 e. The van der Waals surface area contributed by atoms with Crippen molar-refractivity contribution in [2.75, 3.05) is 39.6 Å². The molecule has 0 aromatic heterocycles. The summed E-state index contributed by atoms with van der Waals surface area (Å²) in [7, 11) is -9.91. The molecule has 0 spiro atoms. The Bertz CT molecular complexity index is 1850. The van der Waals surface area contributed by atoms with Crippen molar-refractivity contribution >= 4 is 39.5 Å². The highest BCUT2D eigenvalue weighted by Crippen LogP contribution is 2.45. The van der Waals surface area contributed by atoms with Crippen molar-refractivity contribution in [1.82, 2.24) is 0 Å². The zero-order valence-electron chi connectivity index (χ0n) is 58.5. The number of phosphoric ester groups is 2. The third-order valence-electron chi connectivity index (χ3n) is 16.5. The summed E-state index contributed by atoms with van der Waals surface area (Å²) >= 11 is 0. The van der Waals surface area contributed by atoms with Crippen LogP contribution in [0.4, 0.5) is 0 Å². The maximum absolute atomic E-state index is 13.0. The predicted molar refractivity (Wildman–Crippen MR) is 368 cm³/mol. The van der Waals surface area contributed by atoms with Crippen LogP contribution in [0.2, 0.25) is 0 Å². The molecule has 0 aromatic rings. The van der Waals surface area contributed by atoms with E-state index in [0.29, 0.717) is 25.7 Å². The van der Waals surface area contributed by atoms with Gasteiger partial charge < -0.3 is 33.8 Å². The van der Waals surface area contributed by atoms with Gasteiger partial charge in [-0.1, -0.05) is 296 Å². The van der Waals surface area contributed by atoms with E-state index in [0.717, 1.165) is 121 Å². The van der Waals surface area contributed by atoms with Gasteiger partial charge in [-0.15, -0.1) is 0 Å². The highest BCUT2D eigenvalue weighted by Gasteiger charge is 2.30. The number of phosphoric acid groups is 2. The summed E-state index contributed by atoms with van der Waals surface area (Å²) in [5.41, 5.74) is 0. The zero-order chi connectivity index (χ0) is 67.0. The number of hydrogen-bond acceptors (Lipinski definition) is 15. The van der Waals surface area contributed by atoms with Crippen LogP contribution in [-0.2, 0) is 65.4 Å². The number of aliphatic hydroxyl groups excluding tert-OH is 1. The molecule has 0 aliphatic rings. The van der Waals surface area contributed by atoms with E-state index >= 15 is 0 Å². The third kappa shape index (κ3) is 64.6. The van der Waals surface area contributed by atoms with Crippen LogP contribution in [0.1, 0.15) is 349 Å². The number of allylic oxidation sites excluding steroid dienone is 4. The number of unbranched alkanes of at least 4 members (excludes halogenated alkanes) is 38. The summed E-state index contributed by atoms with van der Waals surface area (Å²) in [5.74, 6) is -1.36. The van der Waals surface area contributed by atoms with Gasteiger partial charge in [0.15, 0.2) is 12.2 Å². The minimum atomic E-state index is -4.96. The summed E-state index contributed by atoms with van der Waals surface area (Å²) in [6.07, 6.45) is 55.2. The SMILES string of the molecule is CCCCCC/C=C\C=C/CCCCCCCC(=O)OC[C@H](COP(=O)(O)OC[C@@H](O)COP(=O)(O)OC[C@@H](COC(=O)CCCCCCC)OC(=O)CCCCCCCCCCCCC(C)CC)OC(=O)CCCCCCCCCCCCCCCCCCC. The molecule has 0 aliphatic heterocycles. The number of hydrogen-bond donors (Lipinski definition) is 3. The average molecular weight is 1340 g/mol. The van der Waals surface area contributed by atoms with Gasteiger partial charge in [0.05, 0.1) is 26.4 Å². The van der Waals surface area contributed by atoms with E-state index in [4.69, 9.17) is 37.0 Å². The van der Waals surface area contributed by atoms with E-state index in [1.807, 2.05) is 0 Å². The first-order valence-electron chi connectivity index (χ1n) is 37.0. The molecule has 0 fully saturated rings. The van der Waals surface area contributed by atoms with E-state index in [1.54, 1.807) is 0 Å². The van der Waals surface area contributed by atoms with Crippen LogP contribution in [-0.4, -0.2) is 96.7 Å². The lowest BCUT2D eigenvalue weighted by Gasteiger charge is -2.21. The van der Waals surface area contributed by atoms with Crippen LogP contribution < -0.4 is 0 Å². The molecular weight excluding hydrogens is 1200 g/mol. The Kier molecular flexibility index (Phi) is 63.1. The average Bonchev–Trinajstić information content (AvgIpc) is 2.59. The molecule has 0 saturated heterocycles. The largest absolute Gasteiger partial charge is 0.472 e. The van der Waals surface area contributed by atoms with Crippen LogP contribution in [0.3, 0.4) is 0 Å². The summed E-state index contributed by atoms with van der Waals surface area (Å²) in [6.45, 7) is 7.13. The second kappa shape index (κ2) is 64.9. The monoisotopic (exact) mass is 1330 g/mol. The second-order valence-electron chi connectivity index (χ2n) is 25.5. The van der Waals surface area contributed by atoms with Crippen molar-refractivity contribution < 1.29 is 80.2 Å². The van der Waals surface area contributed by atoms with Crippen molar-refractivity contribution in [2.45, 2.75) is 368 Å². The molecule has 0 bridgehead atoms. The van der Waals surface area contributed by atoms with Crippen LogP contribution in [0.5, 0.6) is 0 Å². The van der Waals surface area contributed by atoms with E-state index in [9.17, 15) is 43.2 Å². The molecule has 536 valence electrons. The molecule has 0 aliphatic carbocycles. The Morgan fingerprint density at radius 3 is 0.934 bits per heavy atom. The molecule has 0 amide bonds. The molecular formula is C72H136O17P2. The number of carbonyl (C=O) groups is 4. The lowest BCUT2D eigenvalue weighted by molar-refractivity contribution is -0.161. The van der Waals surface area contributed by atoms with Gasteiger partial charge in [0.2, 0.25) is 0 Å². The Balaban J connectivity index is 5.19. The predicted octanol–water partition coefficient (Wildman–Crippen LogP) is 20.5. The molecule has 3 unspecified atom stereocenters. The Labute approximate surface area is 554 Å². The van der Waals surface area contributed by atoms with Gasteiger partial charge in [-0.2, -0.15) is 0 Å². The zero-order valence-corrected chi connectivity index (χ0v) is 60.3. The van der Waals surface area contributed by atoms with Crippen molar-refractivity contribution in [3.05, 3.63) is 24.3 Å². The summed E-state index contributed by atoms with van der Waals surface area (Å²) < 4.78 is 68.1. The van der Waals surface area contributed by atoms with Crippen molar-refractivity contribution in [1.29, 1.82) is 0 Å². The molecule has 6 atom stereocenters. The number of carbonyl (C=O) groups excluding carboxylic acids is 4. The van der Waals surface area contributed by atoms with E-state index in [1.165, 1.54) is 148 Å². The van der Waals surface area contributed by atoms with Gasteiger partial charge in [0.25, 0.3) is 0 Å².